The number of anilines is 1. The molecule has 0 fully saturated rings. The maximum atomic E-state index is 8.81. The highest BCUT2D eigenvalue weighted by molar-refractivity contribution is 5.82. The number of nitrogens with one attached hydrogen (secondary N) is 1. The predicted octanol–water partition coefficient (Wildman–Crippen LogP) is 2.82. The Morgan fingerprint density at radius 3 is 2.61 bits per heavy atom. The predicted molar refractivity (Wildman–Crippen MR) is 94.4 cm³/mol. The molecule has 0 atom stereocenters. The number of nitrogens with zero attached hydrogens (tertiary/aromatic N) is 2. The average Bonchev–Trinajstić information content (AvgIpc) is 2.60. The molecular weight excluding hydrogens is 286 g/mol. The van der Waals surface area contributed by atoms with Crippen LogP contribution in [0.4, 0.5) is 11.4 Å². The van der Waals surface area contributed by atoms with Gasteiger partial charge in [0.05, 0.1) is 18.5 Å². The molecule has 4 nitrogen and oxygen atoms in total. The van der Waals surface area contributed by atoms with Crippen LogP contribution in [0.15, 0.2) is 65.7 Å². The molecule has 0 aliphatic carbocycles. The molecule has 1 aromatic heterocycles. The van der Waals surface area contributed by atoms with Crippen molar-refractivity contribution in [3.05, 3.63) is 66.4 Å². The minimum Gasteiger partial charge on any atom is -0.395 e. The van der Waals surface area contributed by atoms with E-state index in [9.17, 15) is 0 Å². The SMILES string of the molecule is C[n+]1c(C=Nc2ccc(NCCO)cc2)ccc2ccccc21. The highest BCUT2D eigenvalue weighted by atomic mass is 16.3. The molecule has 0 aliphatic rings. The number of hydrogen-bond donors (Lipinski definition) is 2. The fourth-order valence-corrected chi connectivity index (χ4v) is 2.50. The van der Waals surface area contributed by atoms with Gasteiger partial charge in [0, 0.05) is 29.8 Å². The standard InChI is InChI=1S/C19H19N3O/c1-22-18(11-6-15-4-2-3-5-19(15)22)14-21-17-9-7-16(8-10-17)20-12-13-23/h2-11,14,23H,12-13H2,1H3/p+1. The quantitative estimate of drug-likeness (QED) is 0.562. The van der Waals surface area contributed by atoms with Gasteiger partial charge in [-0.3, -0.25) is 0 Å². The third-order valence-electron chi connectivity index (χ3n) is 3.77. The molecule has 2 aromatic carbocycles. The second kappa shape index (κ2) is 7.03. The molecule has 0 radical (unpaired) electrons. The molecule has 1 heterocycles. The van der Waals surface area contributed by atoms with Crippen LogP contribution >= 0.6 is 0 Å². The maximum Gasteiger partial charge on any atom is 0.223 e. The molecular formula is C19H20N3O+. The Morgan fingerprint density at radius 1 is 1.04 bits per heavy atom. The Morgan fingerprint density at radius 2 is 1.83 bits per heavy atom. The van der Waals surface area contributed by atoms with E-state index in [-0.39, 0.29) is 6.61 Å². The molecule has 0 saturated heterocycles. The largest absolute Gasteiger partial charge is 0.395 e. The molecule has 0 amide bonds. The van der Waals surface area contributed by atoms with E-state index in [1.54, 1.807) is 0 Å². The Balaban J connectivity index is 1.81. The van der Waals surface area contributed by atoms with Gasteiger partial charge < -0.3 is 10.4 Å². The summed E-state index contributed by atoms with van der Waals surface area (Å²) in [4.78, 5) is 4.54. The number of pyridine rings is 1. The Bertz CT molecular complexity index is 826. The van der Waals surface area contributed by atoms with E-state index in [1.807, 2.05) is 49.7 Å². The fourth-order valence-electron chi connectivity index (χ4n) is 2.50. The molecule has 4 heteroatoms. The van der Waals surface area contributed by atoms with Gasteiger partial charge >= 0.3 is 0 Å². The van der Waals surface area contributed by atoms with Gasteiger partial charge in [-0.2, -0.15) is 4.57 Å². The van der Waals surface area contributed by atoms with Crippen LogP contribution in [-0.2, 0) is 7.05 Å². The summed E-state index contributed by atoms with van der Waals surface area (Å²) in [5.74, 6) is 0. The smallest absolute Gasteiger partial charge is 0.223 e. The number of aromatic nitrogens is 1. The van der Waals surface area contributed by atoms with E-state index < -0.39 is 0 Å². The van der Waals surface area contributed by atoms with E-state index in [4.69, 9.17) is 5.11 Å². The lowest BCUT2D eigenvalue weighted by Gasteiger charge is -2.03. The molecule has 0 aliphatic heterocycles. The van der Waals surface area contributed by atoms with Gasteiger partial charge in [-0.05, 0) is 36.4 Å². The highest BCUT2D eigenvalue weighted by Gasteiger charge is 2.08. The van der Waals surface area contributed by atoms with Crippen LogP contribution in [0.2, 0.25) is 0 Å². The van der Waals surface area contributed by atoms with Crippen molar-refractivity contribution in [2.75, 3.05) is 18.5 Å². The van der Waals surface area contributed by atoms with Crippen LogP contribution in [-0.4, -0.2) is 24.5 Å². The number of aryl methyl sites for hydroxylation is 1. The first-order valence-corrected chi connectivity index (χ1v) is 7.64. The van der Waals surface area contributed by atoms with E-state index in [1.165, 1.54) is 10.9 Å². The summed E-state index contributed by atoms with van der Waals surface area (Å²) >= 11 is 0. The molecule has 3 rings (SSSR count). The summed E-state index contributed by atoms with van der Waals surface area (Å²) in [7, 11) is 2.05. The van der Waals surface area contributed by atoms with Crippen molar-refractivity contribution in [2.45, 2.75) is 0 Å². The first-order valence-electron chi connectivity index (χ1n) is 7.64. The lowest BCUT2D eigenvalue weighted by molar-refractivity contribution is -0.645. The number of aliphatic hydroxyl groups is 1. The van der Waals surface area contributed by atoms with E-state index in [0.29, 0.717) is 6.54 Å². The number of aliphatic imine (C=N–C) groups is 1. The second-order valence-electron chi connectivity index (χ2n) is 5.33. The van der Waals surface area contributed by atoms with Crippen LogP contribution in [0.3, 0.4) is 0 Å². The number of rotatable bonds is 5. The summed E-state index contributed by atoms with van der Waals surface area (Å²) in [5.41, 5.74) is 4.10. The zero-order valence-corrected chi connectivity index (χ0v) is 13.1. The van der Waals surface area contributed by atoms with Crippen LogP contribution in [0.25, 0.3) is 10.9 Å². The Kier molecular flexibility index (Phi) is 4.64. The number of hydrogen-bond acceptors (Lipinski definition) is 3. The summed E-state index contributed by atoms with van der Waals surface area (Å²) < 4.78 is 2.13. The zero-order chi connectivity index (χ0) is 16.1. The van der Waals surface area contributed by atoms with E-state index in [2.05, 4.69) is 39.1 Å². The van der Waals surface area contributed by atoms with Crippen molar-refractivity contribution in [1.29, 1.82) is 0 Å². The van der Waals surface area contributed by atoms with Crippen molar-refractivity contribution in [1.82, 2.24) is 0 Å². The van der Waals surface area contributed by atoms with Crippen molar-refractivity contribution >= 4 is 28.5 Å². The molecule has 3 aromatic rings. The van der Waals surface area contributed by atoms with Crippen molar-refractivity contribution in [3.63, 3.8) is 0 Å². The summed E-state index contributed by atoms with van der Waals surface area (Å²) in [5, 5.41) is 13.1. The van der Waals surface area contributed by atoms with Crippen LogP contribution < -0.4 is 9.88 Å². The van der Waals surface area contributed by atoms with Gasteiger partial charge in [-0.1, -0.05) is 12.1 Å². The van der Waals surface area contributed by atoms with Crippen LogP contribution in [0.1, 0.15) is 5.69 Å². The molecule has 0 bridgehead atoms. The first-order chi connectivity index (χ1) is 11.3. The fraction of sp³-hybridized carbons (Fsp3) is 0.158. The summed E-state index contributed by atoms with van der Waals surface area (Å²) in [6.45, 7) is 0.675. The van der Waals surface area contributed by atoms with Crippen molar-refractivity contribution < 1.29 is 9.67 Å². The summed E-state index contributed by atoms with van der Waals surface area (Å²) in [6, 6.07) is 20.3. The van der Waals surface area contributed by atoms with Gasteiger partial charge in [-0.25, -0.2) is 4.99 Å². The van der Waals surface area contributed by atoms with E-state index in [0.717, 1.165) is 17.1 Å². The Labute approximate surface area is 135 Å². The van der Waals surface area contributed by atoms with Gasteiger partial charge in [-0.15, -0.1) is 0 Å². The number of para-hydroxylation sites is 1. The first kappa shape index (κ1) is 15.2. The summed E-state index contributed by atoms with van der Waals surface area (Å²) in [6.07, 6.45) is 1.88. The monoisotopic (exact) mass is 306 g/mol. The minimum absolute atomic E-state index is 0.123. The Hall–Kier alpha value is -2.72. The van der Waals surface area contributed by atoms with Crippen molar-refractivity contribution in [3.8, 4) is 0 Å². The van der Waals surface area contributed by atoms with Gasteiger partial charge in [0.25, 0.3) is 0 Å². The average molecular weight is 306 g/mol. The molecule has 116 valence electrons. The lowest BCUT2D eigenvalue weighted by Crippen LogP contribution is -2.34. The van der Waals surface area contributed by atoms with Gasteiger partial charge in [0.2, 0.25) is 11.2 Å². The molecule has 23 heavy (non-hydrogen) atoms. The molecule has 2 N–H and O–H groups in total. The van der Waals surface area contributed by atoms with Gasteiger partial charge in [0.1, 0.15) is 7.05 Å². The highest BCUT2D eigenvalue weighted by Crippen LogP contribution is 2.16. The molecule has 0 spiro atoms. The number of benzene rings is 2. The lowest BCUT2D eigenvalue weighted by atomic mass is 10.2. The van der Waals surface area contributed by atoms with E-state index >= 15 is 0 Å². The van der Waals surface area contributed by atoms with Crippen molar-refractivity contribution in [2.24, 2.45) is 12.0 Å². The third-order valence-corrected chi connectivity index (χ3v) is 3.77. The molecule has 0 saturated carbocycles. The third kappa shape index (κ3) is 3.55. The maximum absolute atomic E-state index is 8.81. The second-order valence-corrected chi connectivity index (χ2v) is 5.33. The molecule has 0 unspecified atom stereocenters. The normalized spacial score (nSPS) is 11.2. The van der Waals surface area contributed by atoms with Crippen LogP contribution in [0, 0.1) is 0 Å². The van der Waals surface area contributed by atoms with Gasteiger partial charge in [0.15, 0.2) is 0 Å². The number of aliphatic hydroxyl groups excluding tert-OH is 1. The zero-order valence-electron chi connectivity index (χ0n) is 13.1. The number of fused-ring (bicyclic) bond motifs is 1. The minimum atomic E-state index is 0.123. The van der Waals surface area contributed by atoms with Crippen LogP contribution in [0.5, 0.6) is 0 Å². The topological polar surface area (TPSA) is 48.5 Å².